The molecule has 0 bridgehead atoms. The Kier molecular flexibility index (Phi) is 4.58. The fraction of sp³-hybridized carbons (Fsp3) is 0.200. The van der Waals surface area contributed by atoms with Crippen molar-refractivity contribution < 1.29 is 9.59 Å². The minimum absolute atomic E-state index is 0.207. The van der Waals surface area contributed by atoms with E-state index in [4.69, 9.17) is 0 Å². The quantitative estimate of drug-likeness (QED) is 0.752. The standard InChI is InChI=1S/C20H19NO2S/c1-13-9-14(2)17(15(3)10-13)12-21-19(22)18(24-20(21)23)11-16-7-5-4-6-8-16/h4-11H,12H2,1-3H3/b18-11-. The number of thioether (sulfide) groups is 1. The van der Waals surface area contributed by atoms with Gasteiger partial charge in [0.2, 0.25) is 0 Å². The zero-order chi connectivity index (χ0) is 17.3. The summed E-state index contributed by atoms with van der Waals surface area (Å²) in [5.74, 6) is -0.215. The molecule has 0 spiro atoms. The molecular weight excluding hydrogens is 318 g/mol. The summed E-state index contributed by atoms with van der Waals surface area (Å²) in [4.78, 5) is 26.8. The Balaban J connectivity index is 1.87. The predicted octanol–water partition coefficient (Wildman–Crippen LogP) is 4.85. The van der Waals surface area contributed by atoms with E-state index in [1.165, 1.54) is 10.5 Å². The third kappa shape index (κ3) is 3.29. The van der Waals surface area contributed by atoms with E-state index in [0.29, 0.717) is 11.4 Å². The van der Waals surface area contributed by atoms with Crippen molar-refractivity contribution in [1.29, 1.82) is 0 Å². The zero-order valence-electron chi connectivity index (χ0n) is 14.0. The number of rotatable bonds is 3. The number of nitrogens with zero attached hydrogens (tertiary/aromatic N) is 1. The van der Waals surface area contributed by atoms with E-state index in [2.05, 4.69) is 12.1 Å². The number of benzene rings is 2. The van der Waals surface area contributed by atoms with Crippen molar-refractivity contribution in [3.05, 3.63) is 75.2 Å². The van der Waals surface area contributed by atoms with Crippen LogP contribution in [0.1, 0.15) is 27.8 Å². The molecule has 3 nitrogen and oxygen atoms in total. The molecule has 2 amide bonds. The molecule has 1 aliphatic rings. The molecule has 0 saturated carbocycles. The highest BCUT2D eigenvalue weighted by molar-refractivity contribution is 8.18. The Morgan fingerprint density at radius 2 is 1.62 bits per heavy atom. The van der Waals surface area contributed by atoms with Crippen LogP contribution in [0.15, 0.2) is 47.4 Å². The van der Waals surface area contributed by atoms with Crippen molar-refractivity contribution in [3.63, 3.8) is 0 Å². The molecule has 0 aliphatic carbocycles. The van der Waals surface area contributed by atoms with Gasteiger partial charge in [0.15, 0.2) is 0 Å². The van der Waals surface area contributed by atoms with Gasteiger partial charge in [-0.15, -0.1) is 0 Å². The molecule has 0 atom stereocenters. The van der Waals surface area contributed by atoms with Crippen LogP contribution < -0.4 is 0 Å². The molecule has 0 unspecified atom stereocenters. The number of amides is 2. The Hall–Kier alpha value is -2.33. The molecule has 1 fully saturated rings. The number of hydrogen-bond donors (Lipinski definition) is 0. The van der Waals surface area contributed by atoms with E-state index in [-0.39, 0.29) is 11.1 Å². The molecule has 4 heteroatoms. The van der Waals surface area contributed by atoms with Crippen LogP contribution in [0.5, 0.6) is 0 Å². The minimum Gasteiger partial charge on any atom is -0.268 e. The number of carbonyl (C=O) groups is 2. The average Bonchev–Trinajstić information content (AvgIpc) is 2.78. The zero-order valence-corrected chi connectivity index (χ0v) is 14.8. The van der Waals surface area contributed by atoms with Gasteiger partial charge in [-0.2, -0.15) is 0 Å². The van der Waals surface area contributed by atoms with Crippen LogP contribution in [0.3, 0.4) is 0 Å². The number of carbonyl (C=O) groups excluding carboxylic acids is 2. The molecule has 0 N–H and O–H groups in total. The Bertz CT molecular complexity index is 817. The number of imide groups is 1. The summed E-state index contributed by atoms with van der Waals surface area (Å²) in [5, 5.41) is -0.207. The van der Waals surface area contributed by atoms with Crippen LogP contribution in [0.25, 0.3) is 6.08 Å². The van der Waals surface area contributed by atoms with Crippen molar-refractivity contribution in [2.24, 2.45) is 0 Å². The molecule has 0 aromatic heterocycles. The van der Waals surface area contributed by atoms with Gasteiger partial charge in [-0.05, 0) is 60.9 Å². The summed E-state index contributed by atoms with van der Waals surface area (Å²) in [6.45, 7) is 6.42. The maximum Gasteiger partial charge on any atom is 0.293 e. The topological polar surface area (TPSA) is 37.4 Å². The molecule has 1 aliphatic heterocycles. The fourth-order valence-electron chi connectivity index (χ4n) is 2.95. The number of hydrogen-bond acceptors (Lipinski definition) is 3. The first kappa shape index (κ1) is 16.5. The van der Waals surface area contributed by atoms with Gasteiger partial charge in [0.1, 0.15) is 0 Å². The highest BCUT2D eigenvalue weighted by atomic mass is 32.2. The van der Waals surface area contributed by atoms with Gasteiger partial charge >= 0.3 is 0 Å². The molecule has 24 heavy (non-hydrogen) atoms. The Morgan fingerprint density at radius 1 is 1.00 bits per heavy atom. The van der Waals surface area contributed by atoms with Crippen molar-refractivity contribution in [2.45, 2.75) is 27.3 Å². The maximum atomic E-state index is 12.6. The van der Waals surface area contributed by atoms with Crippen LogP contribution in [0.2, 0.25) is 0 Å². The molecule has 2 aromatic rings. The summed E-state index contributed by atoms with van der Waals surface area (Å²) in [6, 6.07) is 13.8. The van der Waals surface area contributed by atoms with Gasteiger partial charge < -0.3 is 0 Å². The number of aryl methyl sites for hydroxylation is 3. The van der Waals surface area contributed by atoms with Crippen molar-refractivity contribution in [3.8, 4) is 0 Å². The molecule has 0 radical (unpaired) electrons. The minimum atomic E-state index is -0.215. The Labute approximate surface area is 146 Å². The summed E-state index contributed by atoms with van der Waals surface area (Å²) >= 11 is 1.01. The second-order valence-electron chi connectivity index (χ2n) is 6.06. The predicted molar refractivity (Wildman–Crippen MR) is 98.6 cm³/mol. The van der Waals surface area contributed by atoms with E-state index in [1.807, 2.05) is 51.1 Å². The van der Waals surface area contributed by atoms with Crippen molar-refractivity contribution in [1.82, 2.24) is 4.90 Å². The third-order valence-corrected chi connectivity index (χ3v) is 5.03. The van der Waals surface area contributed by atoms with Crippen molar-refractivity contribution in [2.75, 3.05) is 0 Å². The molecule has 3 rings (SSSR count). The van der Waals surface area contributed by atoms with Crippen LogP contribution in [-0.2, 0) is 11.3 Å². The van der Waals surface area contributed by atoms with Crippen LogP contribution in [0.4, 0.5) is 4.79 Å². The maximum absolute atomic E-state index is 12.6. The lowest BCUT2D eigenvalue weighted by atomic mass is 9.99. The van der Waals surface area contributed by atoms with Crippen molar-refractivity contribution >= 4 is 29.0 Å². The average molecular weight is 337 g/mol. The third-order valence-electron chi connectivity index (χ3n) is 4.13. The lowest BCUT2D eigenvalue weighted by Crippen LogP contribution is -2.28. The molecular formula is C20H19NO2S. The van der Waals surface area contributed by atoms with Crippen LogP contribution in [0, 0.1) is 20.8 Å². The fourth-order valence-corrected chi connectivity index (χ4v) is 3.79. The van der Waals surface area contributed by atoms with E-state index in [0.717, 1.165) is 34.0 Å². The lowest BCUT2D eigenvalue weighted by molar-refractivity contribution is -0.123. The van der Waals surface area contributed by atoms with Gasteiger partial charge in [0.05, 0.1) is 11.4 Å². The highest BCUT2D eigenvalue weighted by Gasteiger charge is 2.35. The van der Waals surface area contributed by atoms with Crippen LogP contribution in [-0.4, -0.2) is 16.0 Å². The largest absolute Gasteiger partial charge is 0.293 e. The molecule has 2 aromatic carbocycles. The highest BCUT2D eigenvalue weighted by Crippen LogP contribution is 2.34. The van der Waals surface area contributed by atoms with Gasteiger partial charge in [0, 0.05) is 0 Å². The van der Waals surface area contributed by atoms with E-state index in [9.17, 15) is 9.59 Å². The monoisotopic (exact) mass is 337 g/mol. The second-order valence-corrected chi connectivity index (χ2v) is 7.05. The molecule has 1 saturated heterocycles. The first-order valence-corrected chi connectivity index (χ1v) is 8.64. The second kappa shape index (κ2) is 6.65. The Morgan fingerprint density at radius 3 is 2.25 bits per heavy atom. The first-order valence-electron chi connectivity index (χ1n) is 7.83. The SMILES string of the molecule is Cc1cc(C)c(CN2C(=O)S/C(=C\c3ccccc3)C2=O)c(C)c1. The molecule has 122 valence electrons. The summed E-state index contributed by atoms with van der Waals surface area (Å²) < 4.78 is 0. The van der Waals surface area contributed by atoms with E-state index in [1.54, 1.807) is 6.08 Å². The summed E-state index contributed by atoms with van der Waals surface area (Å²) in [7, 11) is 0. The summed E-state index contributed by atoms with van der Waals surface area (Å²) in [6.07, 6.45) is 1.78. The van der Waals surface area contributed by atoms with Gasteiger partial charge in [-0.1, -0.05) is 48.0 Å². The van der Waals surface area contributed by atoms with E-state index >= 15 is 0 Å². The van der Waals surface area contributed by atoms with Gasteiger partial charge in [-0.3, -0.25) is 14.5 Å². The molecule has 1 heterocycles. The lowest BCUT2D eigenvalue weighted by Gasteiger charge is -2.17. The van der Waals surface area contributed by atoms with Gasteiger partial charge in [0.25, 0.3) is 11.1 Å². The smallest absolute Gasteiger partial charge is 0.268 e. The van der Waals surface area contributed by atoms with Gasteiger partial charge in [-0.25, -0.2) is 0 Å². The van der Waals surface area contributed by atoms with E-state index < -0.39 is 0 Å². The first-order chi connectivity index (χ1) is 11.5. The van der Waals surface area contributed by atoms with Crippen LogP contribution >= 0.6 is 11.8 Å². The summed E-state index contributed by atoms with van der Waals surface area (Å²) in [5.41, 5.74) is 5.37. The normalized spacial score (nSPS) is 16.3.